The molecule has 0 aliphatic heterocycles. The standard InChI is InChI=1S/C8H12.2C6H2F8O3.Ru/c1-2-4-6-8-7-5-3-1;2*7-2(15)1-3(16)17-6(13,14)4(8,9)5(10,11)12;/h1-2,7-8H,3-6H2;2*1H2;/b2-1-,8-7?;;;. The van der Waals surface area contributed by atoms with Crippen LogP contribution in [0.3, 0.4) is 0 Å². The van der Waals surface area contributed by atoms with Crippen LogP contribution in [0.4, 0.5) is 70.2 Å². The SMILES string of the molecule is C1=CCC/C=C\CC1.O=C(F)CC(=O)OC(F)(F)C(F)(F)C(F)(F)F.O=C(F)CC(=O)OC(F)(F)C(F)(F)C(F)(F)F.[Ru]. The Balaban J connectivity index is -0.000000584. The van der Waals surface area contributed by atoms with E-state index in [9.17, 15) is 89.4 Å². The zero-order valence-corrected chi connectivity index (χ0v) is 22.1. The number of rotatable bonds is 8. The molecular weight excluding hydrogens is 741 g/mol. The van der Waals surface area contributed by atoms with Gasteiger partial charge in [0.25, 0.3) is 0 Å². The molecule has 43 heavy (non-hydrogen) atoms. The zero-order valence-electron chi connectivity index (χ0n) is 20.4. The van der Waals surface area contributed by atoms with Crippen LogP contribution in [0.5, 0.6) is 0 Å². The first kappa shape index (κ1) is 44.7. The number of carbonyl (C=O) groups excluding carboxylic acids is 4. The average molecular weight is 757 g/mol. The Morgan fingerprint density at radius 2 is 0.698 bits per heavy atom. The zero-order chi connectivity index (χ0) is 33.8. The number of carbonyl (C=O) groups is 4. The summed E-state index contributed by atoms with van der Waals surface area (Å²) in [6.45, 7) is 0. The smallest absolute Gasteiger partial charge is 0.396 e. The molecule has 1 aliphatic carbocycles. The number of hydrogen-bond acceptors (Lipinski definition) is 6. The van der Waals surface area contributed by atoms with Crippen LogP contribution in [0.15, 0.2) is 24.3 Å². The second-order valence-corrected chi connectivity index (χ2v) is 7.29. The molecule has 0 aromatic rings. The van der Waals surface area contributed by atoms with Gasteiger partial charge in [0.05, 0.1) is 0 Å². The number of halogens is 16. The van der Waals surface area contributed by atoms with E-state index in [-0.39, 0.29) is 19.5 Å². The van der Waals surface area contributed by atoms with Gasteiger partial charge >= 0.3 is 60.4 Å². The summed E-state index contributed by atoms with van der Waals surface area (Å²) >= 11 is 0. The van der Waals surface area contributed by atoms with Crippen molar-refractivity contribution in [2.24, 2.45) is 0 Å². The van der Waals surface area contributed by atoms with Crippen LogP contribution < -0.4 is 0 Å². The molecule has 6 nitrogen and oxygen atoms in total. The molecule has 0 saturated carbocycles. The summed E-state index contributed by atoms with van der Waals surface area (Å²) in [6.07, 6.45) is -15.8. The third-order valence-corrected chi connectivity index (χ3v) is 3.83. The van der Waals surface area contributed by atoms with Crippen molar-refractivity contribution in [3.05, 3.63) is 24.3 Å². The molecule has 0 unspecified atom stereocenters. The molecular formula is C20H16F16O6Ru. The Bertz CT molecular complexity index is 899. The Hall–Kier alpha value is -2.74. The maximum atomic E-state index is 12.3. The Kier molecular flexibility index (Phi) is 18.2. The maximum absolute atomic E-state index is 12.3. The summed E-state index contributed by atoms with van der Waals surface area (Å²) in [4.78, 5) is 39.5. The molecule has 23 heteroatoms. The number of alkyl halides is 14. The molecule has 0 radical (unpaired) electrons. The fraction of sp³-hybridized carbons (Fsp3) is 0.600. The van der Waals surface area contributed by atoms with Crippen molar-refractivity contribution in [2.75, 3.05) is 0 Å². The van der Waals surface area contributed by atoms with E-state index in [0.29, 0.717) is 0 Å². The van der Waals surface area contributed by atoms with Crippen LogP contribution in [0.25, 0.3) is 0 Å². The summed E-state index contributed by atoms with van der Waals surface area (Å²) in [5, 5.41) is 0. The van der Waals surface area contributed by atoms with Crippen LogP contribution in [0.1, 0.15) is 38.5 Å². The van der Waals surface area contributed by atoms with Crippen molar-refractivity contribution in [3.8, 4) is 0 Å². The summed E-state index contributed by atoms with van der Waals surface area (Å²) in [7, 11) is 0. The predicted octanol–water partition coefficient (Wildman–Crippen LogP) is 7.08. The minimum Gasteiger partial charge on any atom is -0.396 e. The van der Waals surface area contributed by atoms with E-state index in [0.717, 1.165) is 0 Å². The Morgan fingerprint density at radius 3 is 0.860 bits per heavy atom. The first-order valence-corrected chi connectivity index (χ1v) is 10.4. The Labute approximate surface area is 242 Å². The minimum absolute atomic E-state index is 0. The van der Waals surface area contributed by atoms with E-state index in [4.69, 9.17) is 0 Å². The van der Waals surface area contributed by atoms with Gasteiger partial charge in [0, 0.05) is 19.5 Å². The Morgan fingerprint density at radius 1 is 0.488 bits per heavy atom. The van der Waals surface area contributed by atoms with Gasteiger partial charge < -0.3 is 9.47 Å². The average Bonchev–Trinajstić information content (AvgIpc) is 2.70. The van der Waals surface area contributed by atoms with E-state index in [2.05, 4.69) is 33.8 Å². The third-order valence-electron chi connectivity index (χ3n) is 3.83. The van der Waals surface area contributed by atoms with Gasteiger partial charge in [-0.15, -0.1) is 0 Å². The first-order chi connectivity index (χ1) is 18.6. The summed E-state index contributed by atoms with van der Waals surface area (Å²) in [5.41, 5.74) is 0. The molecule has 252 valence electrons. The summed E-state index contributed by atoms with van der Waals surface area (Å²) in [6, 6.07) is -5.05. The van der Waals surface area contributed by atoms with Crippen LogP contribution >= 0.6 is 0 Å². The molecule has 0 spiro atoms. The quantitative estimate of drug-likeness (QED) is 0.0658. The van der Waals surface area contributed by atoms with Crippen molar-refractivity contribution in [2.45, 2.75) is 74.9 Å². The molecule has 0 saturated heterocycles. The normalized spacial score (nSPS) is 15.1. The first-order valence-electron chi connectivity index (χ1n) is 10.4. The number of esters is 2. The second-order valence-electron chi connectivity index (χ2n) is 7.29. The van der Waals surface area contributed by atoms with Gasteiger partial charge in [-0.1, -0.05) is 24.3 Å². The van der Waals surface area contributed by atoms with E-state index in [1.807, 2.05) is 0 Å². The van der Waals surface area contributed by atoms with Crippen molar-refractivity contribution < 1.29 is 118 Å². The van der Waals surface area contributed by atoms with Crippen molar-refractivity contribution in [1.82, 2.24) is 0 Å². The van der Waals surface area contributed by atoms with Crippen LogP contribution in [0.2, 0.25) is 0 Å². The molecule has 0 N–H and O–H groups in total. The number of hydrogen-bond donors (Lipinski definition) is 0. The molecule has 0 bridgehead atoms. The van der Waals surface area contributed by atoms with E-state index < -0.39 is 73.3 Å². The third kappa shape index (κ3) is 15.5. The van der Waals surface area contributed by atoms with Crippen LogP contribution in [-0.4, -0.2) is 60.4 Å². The monoisotopic (exact) mass is 758 g/mol. The molecule has 1 rings (SSSR count). The molecule has 1 aliphatic rings. The van der Waals surface area contributed by atoms with Gasteiger partial charge in [0.1, 0.15) is 12.8 Å². The predicted molar refractivity (Wildman–Crippen MR) is 102 cm³/mol. The largest absolute Gasteiger partial charge is 0.476 e. The van der Waals surface area contributed by atoms with Crippen molar-refractivity contribution >= 4 is 24.0 Å². The topological polar surface area (TPSA) is 86.7 Å². The molecule has 0 atom stereocenters. The second kappa shape index (κ2) is 17.5. The van der Waals surface area contributed by atoms with Gasteiger partial charge in [-0.25, -0.2) is 0 Å². The maximum Gasteiger partial charge on any atom is 0.476 e. The molecule has 0 aromatic carbocycles. The number of ether oxygens (including phenoxy) is 2. The fourth-order valence-corrected chi connectivity index (χ4v) is 1.90. The van der Waals surface area contributed by atoms with Gasteiger partial charge in [-0.05, 0) is 25.7 Å². The van der Waals surface area contributed by atoms with Gasteiger partial charge in [-0.2, -0.15) is 70.2 Å². The molecule has 0 heterocycles. The molecule has 0 aromatic heterocycles. The van der Waals surface area contributed by atoms with E-state index in [1.165, 1.54) is 25.7 Å². The molecule has 0 fully saturated rings. The van der Waals surface area contributed by atoms with Crippen molar-refractivity contribution in [1.29, 1.82) is 0 Å². The van der Waals surface area contributed by atoms with Gasteiger partial charge in [0.2, 0.25) is 0 Å². The summed E-state index contributed by atoms with van der Waals surface area (Å²) < 4.78 is 194. The summed E-state index contributed by atoms with van der Waals surface area (Å²) in [5.74, 6) is -18.4. The van der Waals surface area contributed by atoms with Gasteiger partial charge in [-0.3, -0.25) is 19.2 Å². The fourth-order valence-electron chi connectivity index (χ4n) is 1.90. The van der Waals surface area contributed by atoms with Crippen molar-refractivity contribution in [3.63, 3.8) is 0 Å². The van der Waals surface area contributed by atoms with Crippen LogP contribution in [0, 0.1) is 0 Å². The number of allylic oxidation sites excluding steroid dienone is 4. The van der Waals surface area contributed by atoms with E-state index >= 15 is 0 Å². The van der Waals surface area contributed by atoms with Crippen LogP contribution in [-0.2, 0) is 48.1 Å². The van der Waals surface area contributed by atoms with E-state index in [1.54, 1.807) is 0 Å². The van der Waals surface area contributed by atoms with Gasteiger partial charge in [0.15, 0.2) is 0 Å². The minimum atomic E-state index is -6.68. The molecule has 0 amide bonds.